The molecule has 0 spiro atoms. The zero-order valence-electron chi connectivity index (χ0n) is 11.9. The molecule has 1 unspecified atom stereocenters. The number of esters is 1. The Morgan fingerprint density at radius 1 is 1.43 bits per heavy atom. The van der Waals surface area contributed by atoms with Crippen LogP contribution < -0.4 is 0 Å². The van der Waals surface area contributed by atoms with Crippen LogP contribution in [0.4, 0.5) is 0 Å². The van der Waals surface area contributed by atoms with E-state index in [1.165, 1.54) is 0 Å². The normalized spacial score (nSPS) is 17.8. The molecule has 1 fully saturated rings. The van der Waals surface area contributed by atoms with Crippen molar-refractivity contribution in [2.45, 2.75) is 25.1 Å². The molecule has 1 amide bonds. The molecule has 2 rings (SSSR count). The fourth-order valence-electron chi connectivity index (χ4n) is 2.25. The lowest BCUT2D eigenvalue weighted by molar-refractivity contribution is -0.145. The fourth-order valence-corrected chi connectivity index (χ4v) is 3.71. The molecular weight excluding hydrogens is 310 g/mol. The van der Waals surface area contributed by atoms with E-state index in [1.807, 2.05) is 29.2 Å². The lowest BCUT2D eigenvalue weighted by Gasteiger charge is -2.24. The van der Waals surface area contributed by atoms with Gasteiger partial charge in [0.25, 0.3) is 0 Å². The quantitative estimate of drug-likeness (QED) is 0.779. The molecule has 21 heavy (non-hydrogen) atoms. The van der Waals surface area contributed by atoms with Crippen molar-refractivity contribution in [1.82, 2.24) is 4.90 Å². The molecule has 1 heterocycles. The number of benzene rings is 1. The zero-order valence-corrected chi connectivity index (χ0v) is 13.5. The van der Waals surface area contributed by atoms with Crippen molar-refractivity contribution < 1.29 is 14.3 Å². The summed E-state index contributed by atoms with van der Waals surface area (Å²) in [5.41, 5.74) is 1.02. The molecule has 0 radical (unpaired) electrons. The minimum Gasteiger partial charge on any atom is -0.466 e. The molecule has 0 saturated carbocycles. The second-order valence-corrected chi connectivity index (χ2v) is 6.29. The van der Waals surface area contributed by atoms with E-state index in [9.17, 15) is 9.59 Å². The van der Waals surface area contributed by atoms with Gasteiger partial charge in [-0.1, -0.05) is 23.7 Å². The van der Waals surface area contributed by atoms with Crippen LogP contribution in [0.25, 0.3) is 0 Å². The summed E-state index contributed by atoms with van der Waals surface area (Å²) in [5.74, 6) is 0.553. The van der Waals surface area contributed by atoms with Crippen molar-refractivity contribution in [2.24, 2.45) is 0 Å². The standard InChI is InChI=1S/C15H18ClNO3S/c1-2-20-14(19)7-6-13(18)17-8-9-21-15(17)11-4-3-5-12(16)10-11/h3-5,10,15H,2,6-9H2,1H3. The summed E-state index contributed by atoms with van der Waals surface area (Å²) >= 11 is 7.73. The number of halogens is 1. The van der Waals surface area contributed by atoms with Gasteiger partial charge in [-0.2, -0.15) is 0 Å². The minimum absolute atomic E-state index is 0.0154. The minimum atomic E-state index is -0.322. The smallest absolute Gasteiger partial charge is 0.306 e. The highest BCUT2D eigenvalue weighted by molar-refractivity contribution is 7.99. The third-order valence-electron chi connectivity index (χ3n) is 3.19. The molecule has 1 aromatic carbocycles. The predicted octanol–water partition coefficient (Wildman–Crippen LogP) is 3.26. The second kappa shape index (κ2) is 7.71. The monoisotopic (exact) mass is 327 g/mol. The first-order chi connectivity index (χ1) is 10.1. The zero-order chi connectivity index (χ0) is 15.2. The van der Waals surface area contributed by atoms with Gasteiger partial charge in [-0.25, -0.2) is 0 Å². The molecule has 0 bridgehead atoms. The second-order valence-electron chi connectivity index (χ2n) is 4.67. The van der Waals surface area contributed by atoms with Crippen LogP contribution >= 0.6 is 23.4 Å². The van der Waals surface area contributed by atoms with Gasteiger partial charge >= 0.3 is 5.97 Å². The van der Waals surface area contributed by atoms with Crippen LogP contribution in [-0.4, -0.2) is 35.7 Å². The van der Waals surface area contributed by atoms with Crippen LogP contribution in [0.3, 0.4) is 0 Å². The Labute approximate surface area is 133 Å². The average molecular weight is 328 g/mol. The van der Waals surface area contributed by atoms with Crippen molar-refractivity contribution in [1.29, 1.82) is 0 Å². The van der Waals surface area contributed by atoms with Gasteiger partial charge in [0.15, 0.2) is 0 Å². The third kappa shape index (κ3) is 4.38. The van der Waals surface area contributed by atoms with E-state index in [-0.39, 0.29) is 30.1 Å². The van der Waals surface area contributed by atoms with Gasteiger partial charge in [-0.15, -0.1) is 11.8 Å². The molecule has 1 aromatic rings. The van der Waals surface area contributed by atoms with Crippen LogP contribution in [0.15, 0.2) is 24.3 Å². The molecule has 0 aliphatic carbocycles. The lowest BCUT2D eigenvalue weighted by atomic mass is 10.2. The molecule has 0 aromatic heterocycles. The van der Waals surface area contributed by atoms with E-state index >= 15 is 0 Å². The Morgan fingerprint density at radius 3 is 2.95 bits per heavy atom. The van der Waals surface area contributed by atoms with Crippen molar-refractivity contribution >= 4 is 35.2 Å². The molecule has 1 atom stereocenters. The van der Waals surface area contributed by atoms with E-state index in [0.717, 1.165) is 11.3 Å². The lowest BCUT2D eigenvalue weighted by Crippen LogP contribution is -2.30. The van der Waals surface area contributed by atoms with Gasteiger partial charge < -0.3 is 9.64 Å². The highest BCUT2D eigenvalue weighted by atomic mass is 35.5. The molecule has 1 aliphatic heterocycles. The molecule has 1 aliphatic rings. The summed E-state index contributed by atoms with van der Waals surface area (Å²) in [6.45, 7) is 2.80. The van der Waals surface area contributed by atoms with Crippen LogP contribution in [0.1, 0.15) is 30.7 Å². The molecule has 4 nitrogen and oxygen atoms in total. The van der Waals surface area contributed by atoms with Crippen molar-refractivity contribution in [2.75, 3.05) is 18.9 Å². The van der Waals surface area contributed by atoms with E-state index in [2.05, 4.69) is 0 Å². The summed E-state index contributed by atoms with van der Waals surface area (Å²) in [7, 11) is 0. The van der Waals surface area contributed by atoms with Gasteiger partial charge in [0.1, 0.15) is 5.37 Å². The van der Waals surface area contributed by atoms with Gasteiger partial charge in [-0.3, -0.25) is 9.59 Å². The summed E-state index contributed by atoms with van der Waals surface area (Å²) in [4.78, 5) is 25.5. The maximum Gasteiger partial charge on any atom is 0.306 e. The third-order valence-corrected chi connectivity index (χ3v) is 4.69. The summed E-state index contributed by atoms with van der Waals surface area (Å²) in [6.07, 6.45) is 0.326. The number of hydrogen-bond acceptors (Lipinski definition) is 4. The van der Waals surface area contributed by atoms with E-state index in [1.54, 1.807) is 18.7 Å². The van der Waals surface area contributed by atoms with Gasteiger partial charge in [0, 0.05) is 23.7 Å². The molecule has 114 valence electrons. The summed E-state index contributed by atoms with van der Waals surface area (Å²) < 4.78 is 4.85. The van der Waals surface area contributed by atoms with Crippen LogP contribution in [0, 0.1) is 0 Å². The summed E-state index contributed by atoms with van der Waals surface area (Å²) in [5, 5.41) is 0.650. The predicted molar refractivity (Wildman–Crippen MR) is 84.2 cm³/mol. The first-order valence-electron chi connectivity index (χ1n) is 6.94. The SMILES string of the molecule is CCOC(=O)CCC(=O)N1CCSC1c1cccc(Cl)c1. The molecule has 6 heteroatoms. The number of hydrogen-bond donors (Lipinski definition) is 0. The maximum atomic E-state index is 12.3. The average Bonchev–Trinajstić information content (AvgIpc) is 2.94. The first-order valence-corrected chi connectivity index (χ1v) is 8.36. The molecular formula is C15H18ClNO3S. The van der Waals surface area contributed by atoms with E-state index in [4.69, 9.17) is 16.3 Å². The Morgan fingerprint density at radius 2 is 2.24 bits per heavy atom. The van der Waals surface area contributed by atoms with E-state index < -0.39 is 0 Å². The maximum absolute atomic E-state index is 12.3. The van der Waals surface area contributed by atoms with Crippen molar-refractivity contribution in [3.8, 4) is 0 Å². The highest BCUT2D eigenvalue weighted by Crippen LogP contribution is 2.38. The van der Waals surface area contributed by atoms with Crippen molar-refractivity contribution in [3.05, 3.63) is 34.9 Å². The van der Waals surface area contributed by atoms with Gasteiger partial charge in [0.05, 0.1) is 13.0 Å². The number of carbonyl (C=O) groups excluding carboxylic acids is 2. The van der Waals surface area contributed by atoms with Crippen LogP contribution in [0.2, 0.25) is 5.02 Å². The summed E-state index contributed by atoms with van der Waals surface area (Å²) in [6, 6.07) is 7.56. The van der Waals surface area contributed by atoms with Crippen LogP contribution in [-0.2, 0) is 14.3 Å². The molecule has 0 N–H and O–H groups in total. The topological polar surface area (TPSA) is 46.6 Å². The largest absolute Gasteiger partial charge is 0.466 e. The van der Waals surface area contributed by atoms with Crippen LogP contribution in [0.5, 0.6) is 0 Å². The fraction of sp³-hybridized carbons (Fsp3) is 0.467. The Kier molecular flexibility index (Phi) is 5.94. The molecule has 1 saturated heterocycles. The van der Waals surface area contributed by atoms with E-state index in [0.29, 0.717) is 18.2 Å². The number of nitrogens with zero attached hydrogens (tertiary/aromatic N) is 1. The number of amides is 1. The number of rotatable bonds is 5. The van der Waals surface area contributed by atoms with Gasteiger partial charge in [0.2, 0.25) is 5.91 Å². The first kappa shape index (κ1) is 16.2. The van der Waals surface area contributed by atoms with Gasteiger partial charge in [-0.05, 0) is 24.6 Å². The highest BCUT2D eigenvalue weighted by Gasteiger charge is 2.30. The Hall–Kier alpha value is -1.20. The Bertz CT molecular complexity index is 523. The Balaban J connectivity index is 1.98. The number of ether oxygens (including phenoxy) is 1. The van der Waals surface area contributed by atoms with Crippen molar-refractivity contribution in [3.63, 3.8) is 0 Å². The number of carbonyl (C=O) groups is 2. The number of thioether (sulfide) groups is 1.